The maximum absolute atomic E-state index is 13.8. The molecule has 2 amide bonds. The molecule has 33 heavy (non-hydrogen) atoms. The summed E-state index contributed by atoms with van der Waals surface area (Å²) >= 11 is 0. The van der Waals surface area contributed by atoms with E-state index in [1.165, 1.54) is 31.4 Å². The Balaban J connectivity index is 1.69. The summed E-state index contributed by atoms with van der Waals surface area (Å²) in [5.41, 5.74) is 3.11. The number of nitrogens with zero attached hydrogens (tertiary/aromatic N) is 3. The minimum absolute atomic E-state index is 0.0919. The van der Waals surface area contributed by atoms with E-state index in [-0.39, 0.29) is 17.0 Å². The molecule has 0 unspecified atom stereocenters. The van der Waals surface area contributed by atoms with Gasteiger partial charge in [0.05, 0.1) is 23.3 Å². The van der Waals surface area contributed by atoms with Crippen molar-refractivity contribution in [3.05, 3.63) is 99.7 Å². The molecule has 3 aromatic carbocycles. The van der Waals surface area contributed by atoms with Gasteiger partial charge in [0.1, 0.15) is 11.4 Å². The number of carbonyl (C=O) groups is 2. The number of hydrogen-bond donors (Lipinski definition) is 0. The molecule has 0 saturated carbocycles. The van der Waals surface area contributed by atoms with Gasteiger partial charge in [-0.25, -0.2) is 4.90 Å². The molecule has 0 fully saturated rings. The molecule has 8 nitrogen and oxygen atoms in total. The van der Waals surface area contributed by atoms with E-state index in [1.807, 2.05) is 29.2 Å². The summed E-state index contributed by atoms with van der Waals surface area (Å²) in [7, 11) is 1.48. The molecule has 0 radical (unpaired) electrons. The third kappa shape index (κ3) is 3.23. The number of imide groups is 1. The molecule has 5 rings (SSSR count). The fraction of sp³-hybridized carbons (Fsp3) is 0.120. The Hall–Kier alpha value is -4.46. The van der Waals surface area contributed by atoms with E-state index in [1.54, 1.807) is 24.3 Å². The summed E-state index contributed by atoms with van der Waals surface area (Å²) in [4.78, 5) is 41.1. The Morgan fingerprint density at radius 2 is 1.55 bits per heavy atom. The van der Waals surface area contributed by atoms with Crippen molar-refractivity contribution in [2.45, 2.75) is 6.42 Å². The van der Waals surface area contributed by atoms with E-state index >= 15 is 0 Å². The topological polar surface area (TPSA) is 93.0 Å². The van der Waals surface area contributed by atoms with E-state index in [0.717, 1.165) is 22.6 Å². The number of nitro groups is 1. The predicted octanol–water partition coefficient (Wildman–Crippen LogP) is 3.95. The second kappa shape index (κ2) is 7.90. The zero-order valence-corrected chi connectivity index (χ0v) is 17.7. The molecular formula is C25H19N3O5. The van der Waals surface area contributed by atoms with Gasteiger partial charge >= 0.3 is 0 Å². The second-order valence-corrected chi connectivity index (χ2v) is 7.68. The second-order valence-electron chi connectivity index (χ2n) is 7.68. The van der Waals surface area contributed by atoms with Crippen molar-refractivity contribution < 1.29 is 19.2 Å². The Labute approximate surface area is 189 Å². The lowest BCUT2D eigenvalue weighted by Gasteiger charge is -2.22. The first-order valence-corrected chi connectivity index (χ1v) is 10.4. The molecule has 2 aliphatic heterocycles. The minimum Gasteiger partial charge on any atom is -0.495 e. The fourth-order valence-corrected chi connectivity index (χ4v) is 4.38. The summed E-state index contributed by atoms with van der Waals surface area (Å²) in [6.45, 7) is 0.546. The third-order valence-corrected chi connectivity index (χ3v) is 5.91. The highest BCUT2D eigenvalue weighted by atomic mass is 16.6. The van der Waals surface area contributed by atoms with E-state index in [2.05, 4.69) is 0 Å². The standard InChI is InChI=1S/C25H19N3O5/c1-33-21-9-5-4-8-20(21)27-24(29)22(17-10-12-18(13-11-17)28(31)32)23(25(27)30)26-15-14-16-6-2-3-7-19(16)26/h2-13H,14-15H2,1H3. The molecule has 0 saturated heterocycles. The van der Waals surface area contributed by atoms with Crippen molar-refractivity contribution in [1.82, 2.24) is 0 Å². The molecule has 8 heteroatoms. The lowest BCUT2D eigenvalue weighted by molar-refractivity contribution is -0.384. The number of methoxy groups -OCH3 is 1. The zero-order chi connectivity index (χ0) is 23.1. The zero-order valence-electron chi connectivity index (χ0n) is 17.7. The van der Waals surface area contributed by atoms with Crippen LogP contribution in [0.5, 0.6) is 5.75 Å². The van der Waals surface area contributed by atoms with Crippen LogP contribution in [0.1, 0.15) is 11.1 Å². The Morgan fingerprint density at radius 3 is 2.24 bits per heavy atom. The number of anilines is 2. The van der Waals surface area contributed by atoms with Crippen molar-refractivity contribution >= 4 is 34.4 Å². The predicted molar refractivity (Wildman–Crippen MR) is 123 cm³/mol. The Kier molecular flexibility index (Phi) is 4.90. The van der Waals surface area contributed by atoms with E-state index < -0.39 is 16.7 Å². The van der Waals surface area contributed by atoms with Gasteiger partial charge in [0.25, 0.3) is 17.5 Å². The maximum Gasteiger partial charge on any atom is 0.282 e. The van der Waals surface area contributed by atoms with Crippen molar-refractivity contribution in [1.29, 1.82) is 0 Å². The smallest absolute Gasteiger partial charge is 0.282 e. The Bertz CT molecular complexity index is 1330. The quantitative estimate of drug-likeness (QED) is 0.338. The number of non-ortho nitro benzene ring substituents is 1. The van der Waals surface area contributed by atoms with Crippen LogP contribution in [0, 0.1) is 10.1 Å². The summed E-state index contributed by atoms with van der Waals surface area (Å²) < 4.78 is 5.40. The van der Waals surface area contributed by atoms with E-state index in [4.69, 9.17) is 4.74 Å². The van der Waals surface area contributed by atoms with Crippen LogP contribution in [-0.2, 0) is 16.0 Å². The third-order valence-electron chi connectivity index (χ3n) is 5.91. The monoisotopic (exact) mass is 441 g/mol. The van der Waals surface area contributed by atoms with Crippen LogP contribution in [0.4, 0.5) is 17.1 Å². The SMILES string of the molecule is COc1ccccc1N1C(=O)C(c2ccc([N+](=O)[O-])cc2)=C(N2CCc3ccccc32)C1=O. The van der Waals surface area contributed by atoms with Crippen molar-refractivity contribution in [3.63, 3.8) is 0 Å². The van der Waals surface area contributed by atoms with Gasteiger partial charge in [-0.05, 0) is 47.9 Å². The van der Waals surface area contributed by atoms with Crippen molar-refractivity contribution in [3.8, 4) is 5.75 Å². The summed E-state index contributed by atoms with van der Waals surface area (Å²) in [5, 5.41) is 11.1. The number of rotatable bonds is 5. The van der Waals surface area contributed by atoms with Gasteiger partial charge in [-0.1, -0.05) is 30.3 Å². The number of carbonyl (C=O) groups excluding carboxylic acids is 2. The highest BCUT2D eigenvalue weighted by Crippen LogP contribution is 2.42. The van der Waals surface area contributed by atoms with Crippen LogP contribution in [0.2, 0.25) is 0 Å². The van der Waals surface area contributed by atoms with Gasteiger partial charge in [0.15, 0.2) is 0 Å². The van der Waals surface area contributed by atoms with Gasteiger partial charge in [-0.2, -0.15) is 0 Å². The largest absolute Gasteiger partial charge is 0.495 e. The fourth-order valence-electron chi connectivity index (χ4n) is 4.38. The van der Waals surface area contributed by atoms with E-state index in [0.29, 0.717) is 23.5 Å². The molecule has 3 aromatic rings. The van der Waals surface area contributed by atoms with Crippen LogP contribution < -0.4 is 14.5 Å². The molecular weight excluding hydrogens is 422 g/mol. The number of amides is 2. The molecule has 0 aromatic heterocycles. The molecule has 2 heterocycles. The number of hydrogen-bond acceptors (Lipinski definition) is 6. The van der Waals surface area contributed by atoms with Gasteiger partial charge in [0, 0.05) is 24.4 Å². The number of nitro benzene ring substituents is 1. The highest BCUT2D eigenvalue weighted by Gasteiger charge is 2.45. The van der Waals surface area contributed by atoms with E-state index in [9.17, 15) is 19.7 Å². The molecule has 0 aliphatic carbocycles. The average Bonchev–Trinajstić information content (AvgIpc) is 3.37. The molecule has 164 valence electrons. The number of benzene rings is 3. The lowest BCUT2D eigenvalue weighted by Crippen LogP contribution is -2.35. The first-order chi connectivity index (χ1) is 16.0. The van der Waals surface area contributed by atoms with Crippen LogP contribution >= 0.6 is 0 Å². The normalized spacial score (nSPS) is 15.3. The summed E-state index contributed by atoms with van der Waals surface area (Å²) in [6.07, 6.45) is 0.739. The van der Waals surface area contributed by atoms with Crippen LogP contribution in [0.25, 0.3) is 5.57 Å². The summed E-state index contributed by atoms with van der Waals surface area (Å²) in [6, 6.07) is 20.3. The average molecular weight is 441 g/mol. The maximum atomic E-state index is 13.8. The highest BCUT2D eigenvalue weighted by molar-refractivity contribution is 6.46. The number of para-hydroxylation sites is 3. The first-order valence-electron chi connectivity index (χ1n) is 10.4. The molecule has 2 aliphatic rings. The van der Waals surface area contributed by atoms with Crippen LogP contribution in [0.15, 0.2) is 78.5 Å². The van der Waals surface area contributed by atoms with Gasteiger partial charge in [-0.15, -0.1) is 0 Å². The van der Waals surface area contributed by atoms with Gasteiger partial charge < -0.3 is 9.64 Å². The van der Waals surface area contributed by atoms with Gasteiger partial charge in [0.2, 0.25) is 0 Å². The minimum atomic E-state index is -0.502. The van der Waals surface area contributed by atoms with Crippen molar-refractivity contribution in [2.24, 2.45) is 0 Å². The molecule has 0 spiro atoms. The Morgan fingerprint density at radius 1 is 0.879 bits per heavy atom. The van der Waals surface area contributed by atoms with Crippen LogP contribution in [0.3, 0.4) is 0 Å². The summed E-state index contributed by atoms with van der Waals surface area (Å²) in [5.74, 6) is -0.572. The molecule has 0 bridgehead atoms. The lowest BCUT2D eigenvalue weighted by atomic mass is 10.0. The van der Waals surface area contributed by atoms with Gasteiger partial charge in [-0.3, -0.25) is 19.7 Å². The van der Waals surface area contributed by atoms with Crippen molar-refractivity contribution in [2.75, 3.05) is 23.5 Å². The number of fused-ring (bicyclic) bond motifs is 1. The molecule has 0 N–H and O–H groups in total. The first kappa shape index (κ1) is 20.4. The molecule has 0 atom stereocenters. The number of ether oxygens (including phenoxy) is 1. The van der Waals surface area contributed by atoms with Crippen LogP contribution in [-0.4, -0.2) is 30.4 Å².